The fourth-order valence-electron chi connectivity index (χ4n) is 3.73. The molecule has 0 bridgehead atoms. The van der Waals surface area contributed by atoms with Gasteiger partial charge in [-0.05, 0) is 30.0 Å². The van der Waals surface area contributed by atoms with E-state index in [0.29, 0.717) is 43.9 Å². The molecule has 0 N–H and O–H groups in total. The van der Waals surface area contributed by atoms with Crippen LogP contribution in [0.2, 0.25) is 0 Å². The van der Waals surface area contributed by atoms with Gasteiger partial charge in [-0.2, -0.15) is 4.31 Å². The minimum Gasteiger partial charge on any atom is -0.483 e. The molecule has 8 heteroatoms. The van der Waals surface area contributed by atoms with E-state index in [4.69, 9.17) is 4.74 Å². The number of Topliss-reactive ketones (excluding diaryl/α,β-unsaturated/α-hetero) is 1. The first-order chi connectivity index (χ1) is 12.2. The van der Waals surface area contributed by atoms with E-state index in [2.05, 4.69) is 0 Å². The van der Waals surface area contributed by atoms with E-state index in [-0.39, 0.29) is 24.2 Å². The van der Waals surface area contributed by atoms with Crippen molar-refractivity contribution in [3.63, 3.8) is 0 Å². The molecule has 2 aliphatic rings. The molecular weight excluding hydrogens is 356 g/mol. The van der Waals surface area contributed by atoms with Gasteiger partial charge in [-0.1, -0.05) is 13.0 Å². The third kappa shape index (κ3) is 3.61. The number of sulfonamides is 1. The first-order valence-corrected chi connectivity index (χ1v) is 10.6. The number of ether oxygens (including phenoxy) is 1. The number of nitrogens with zero attached hydrogens (tertiary/aromatic N) is 2. The number of hydrogen-bond acceptors (Lipinski definition) is 5. The molecular formula is C18H24N2O5S. The number of ketones is 1. The summed E-state index contributed by atoms with van der Waals surface area (Å²) in [6.45, 7) is 5.11. The van der Waals surface area contributed by atoms with Gasteiger partial charge in [0.15, 0.2) is 12.4 Å². The van der Waals surface area contributed by atoms with Crippen molar-refractivity contribution in [3.05, 3.63) is 28.8 Å². The molecule has 1 aromatic rings. The summed E-state index contributed by atoms with van der Waals surface area (Å²) >= 11 is 0. The summed E-state index contributed by atoms with van der Waals surface area (Å²) in [5.74, 6) is 0.482. The quantitative estimate of drug-likeness (QED) is 0.783. The van der Waals surface area contributed by atoms with Crippen molar-refractivity contribution < 1.29 is 22.7 Å². The summed E-state index contributed by atoms with van der Waals surface area (Å²) in [7, 11) is -3.23. The van der Waals surface area contributed by atoms with Crippen LogP contribution in [0.1, 0.15) is 40.7 Å². The van der Waals surface area contributed by atoms with E-state index in [9.17, 15) is 18.0 Å². The number of carbonyl (C=O) groups is 2. The molecule has 3 rings (SSSR count). The summed E-state index contributed by atoms with van der Waals surface area (Å²) in [4.78, 5) is 26.3. The normalized spacial score (nSPS) is 21.0. The Morgan fingerprint density at radius 1 is 1.23 bits per heavy atom. The predicted molar refractivity (Wildman–Crippen MR) is 97.0 cm³/mol. The highest BCUT2D eigenvalue weighted by molar-refractivity contribution is 7.88. The van der Waals surface area contributed by atoms with Crippen molar-refractivity contribution in [2.75, 3.05) is 39.0 Å². The molecule has 7 nitrogen and oxygen atoms in total. The fourth-order valence-corrected chi connectivity index (χ4v) is 4.56. The van der Waals surface area contributed by atoms with Crippen LogP contribution >= 0.6 is 0 Å². The molecule has 0 radical (unpaired) electrons. The molecule has 1 aliphatic heterocycles. The molecule has 1 amide bonds. The lowest BCUT2D eigenvalue weighted by Crippen LogP contribution is -2.51. The highest BCUT2D eigenvalue weighted by atomic mass is 32.2. The molecule has 1 heterocycles. The number of hydrogen-bond donors (Lipinski definition) is 0. The molecule has 1 aliphatic carbocycles. The molecule has 1 aromatic carbocycles. The van der Waals surface area contributed by atoms with Crippen LogP contribution in [-0.2, 0) is 14.8 Å². The van der Waals surface area contributed by atoms with E-state index >= 15 is 0 Å². The van der Waals surface area contributed by atoms with Crippen LogP contribution in [0.15, 0.2) is 12.1 Å². The highest BCUT2D eigenvalue weighted by Crippen LogP contribution is 2.40. The van der Waals surface area contributed by atoms with Crippen molar-refractivity contribution in [2.45, 2.75) is 26.2 Å². The van der Waals surface area contributed by atoms with Crippen LogP contribution in [0.5, 0.6) is 5.75 Å². The summed E-state index contributed by atoms with van der Waals surface area (Å²) in [6, 6.07) is 3.66. The lowest BCUT2D eigenvalue weighted by atomic mass is 9.97. The SMILES string of the molecule is Cc1ccc(OCC(=O)N2CCN(S(C)(=O)=O)CC2)c2c1[C@@H](C)CC2=O. The smallest absolute Gasteiger partial charge is 0.260 e. The van der Waals surface area contributed by atoms with Crippen LogP contribution in [0.25, 0.3) is 0 Å². The number of aryl methyl sites for hydroxylation is 1. The Labute approximate surface area is 154 Å². The minimum atomic E-state index is -3.23. The Bertz CT molecular complexity index is 841. The summed E-state index contributed by atoms with van der Waals surface area (Å²) < 4.78 is 30.1. The number of fused-ring (bicyclic) bond motifs is 1. The standard InChI is InChI=1S/C18H24N2O5S/c1-12-4-5-15(18-14(21)10-13(2)17(12)18)25-11-16(22)19-6-8-20(9-7-19)26(3,23)24/h4-5,13H,6-11H2,1-3H3/t13-/m0/s1. The predicted octanol–water partition coefficient (Wildman–Crippen LogP) is 1.17. The van der Waals surface area contributed by atoms with E-state index in [1.165, 1.54) is 10.6 Å². The van der Waals surface area contributed by atoms with E-state index in [1.807, 2.05) is 19.9 Å². The zero-order chi connectivity index (χ0) is 19.1. The van der Waals surface area contributed by atoms with Crippen LogP contribution in [0.4, 0.5) is 0 Å². The maximum Gasteiger partial charge on any atom is 0.260 e. The van der Waals surface area contributed by atoms with E-state index in [1.54, 1.807) is 11.0 Å². The number of benzene rings is 1. The van der Waals surface area contributed by atoms with Crippen molar-refractivity contribution in [2.24, 2.45) is 0 Å². The van der Waals surface area contributed by atoms with Gasteiger partial charge in [0, 0.05) is 32.6 Å². The summed E-state index contributed by atoms with van der Waals surface area (Å²) in [6.07, 6.45) is 1.64. The zero-order valence-corrected chi connectivity index (χ0v) is 16.1. The van der Waals surface area contributed by atoms with Gasteiger partial charge in [-0.15, -0.1) is 0 Å². The van der Waals surface area contributed by atoms with Crippen molar-refractivity contribution in [1.82, 2.24) is 9.21 Å². The average molecular weight is 380 g/mol. The minimum absolute atomic E-state index is 0.0559. The number of amides is 1. The number of rotatable bonds is 4. The van der Waals surface area contributed by atoms with Gasteiger partial charge >= 0.3 is 0 Å². The van der Waals surface area contributed by atoms with Crippen molar-refractivity contribution in [3.8, 4) is 5.75 Å². The van der Waals surface area contributed by atoms with Gasteiger partial charge in [0.25, 0.3) is 5.91 Å². The number of piperazine rings is 1. The number of carbonyl (C=O) groups excluding carboxylic acids is 2. The van der Waals surface area contributed by atoms with Gasteiger partial charge in [0.05, 0.1) is 11.8 Å². The second-order valence-corrected chi connectivity index (χ2v) is 9.01. The average Bonchev–Trinajstić information content (AvgIpc) is 2.89. The summed E-state index contributed by atoms with van der Waals surface area (Å²) in [5.41, 5.74) is 2.68. The highest BCUT2D eigenvalue weighted by Gasteiger charge is 2.32. The van der Waals surface area contributed by atoms with Crippen molar-refractivity contribution in [1.29, 1.82) is 0 Å². The van der Waals surface area contributed by atoms with Gasteiger partial charge in [0.2, 0.25) is 10.0 Å². The molecule has 1 atom stereocenters. The van der Waals surface area contributed by atoms with E-state index in [0.717, 1.165) is 11.1 Å². The van der Waals surface area contributed by atoms with Crippen LogP contribution in [0.3, 0.4) is 0 Å². The van der Waals surface area contributed by atoms with Gasteiger partial charge in [0.1, 0.15) is 5.75 Å². The molecule has 0 unspecified atom stereocenters. The second kappa shape index (κ2) is 7.00. The van der Waals surface area contributed by atoms with Crippen LogP contribution in [-0.4, -0.2) is 68.4 Å². The van der Waals surface area contributed by atoms with Crippen LogP contribution in [0, 0.1) is 6.92 Å². The van der Waals surface area contributed by atoms with Gasteiger partial charge < -0.3 is 9.64 Å². The first kappa shape index (κ1) is 18.8. The Balaban J connectivity index is 1.64. The third-order valence-electron chi connectivity index (χ3n) is 5.10. The Kier molecular flexibility index (Phi) is 5.07. The second-order valence-electron chi connectivity index (χ2n) is 7.03. The zero-order valence-electron chi connectivity index (χ0n) is 15.3. The Morgan fingerprint density at radius 2 is 1.88 bits per heavy atom. The lowest BCUT2D eigenvalue weighted by Gasteiger charge is -2.33. The van der Waals surface area contributed by atoms with Crippen molar-refractivity contribution >= 4 is 21.7 Å². The first-order valence-electron chi connectivity index (χ1n) is 8.71. The third-order valence-corrected chi connectivity index (χ3v) is 6.40. The molecule has 0 spiro atoms. The Hall–Kier alpha value is -1.93. The molecule has 0 saturated carbocycles. The monoisotopic (exact) mass is 380 g/mol. The molecule has 0 aromatic heterocycles. The topological polar surface area (TPSA) is 84.0 Å². The largest absolute Gasteiger partial charge is 0.483 e. The summed E-state index contributed by atoms with van der Waals surface area (Å²) in [5, 5.41) is 0. The van der Waals surface area contributed by atoms with E-state index < -0.39 is 10.0 Å². The molecule has 142 valence electrons. The molecule has 1 saturated heterocycles. The van der Waals surface area contributed by atoms with Crippen LogP contribution < -0.4 is 4.74 Å². The fraction of sp³-hybridized carbons (Fsp3) is 0.556. The maximum absolute atomic E-state index is 12.4. The maximum atomic E-state index is 12.4. The van der Waals surface area contributed by atoms with Gasteiger partial charge in [-0.25, -0.2) is 8.42 Å². The molecule has 1 fully saturated rings. The molecule has 26 heavy (non-hydrogen) atoms. The lowest BCUT2D eigenvalue weighted by molar-refractivity contribution is -0.134. The Morgan fingerprint density at radius 3 is 2.50 bits per heavy atom. The van der Waals surface area contributed by atoms with Gasteiger partial charge in [-0.3, -0.25) is 9.59 Å².